The van der Waals surface area contributed by atoms with Crippen molar-refractivity contribution in [1.29, 1.82) is 0 Å². The van der Waals surface area contributed by atoms with E-state index >= 15 is 0 Å². The van der Waals surface area contributed by atoms with Crippen LogP contribution in [0.3, 0.4) is 0 Å². The average molecular weight is 412 g/mol. The summed E-state index contributed by atoms with van der Waals surface area (Å²) >= 11 is 2.27. The molecule has 1 aliphatic heterocycles. The second-order valence-corrected chi connectivity index (χ2v) is 6.93. The van der Waals surface area contributed by atoms with Crippen LogP contribution in [0.5, 0.6) is 0 Å². The maximum atomic E-state index is 12.3. The molecular weight excluding hydrogens is 392 g/mol. The molecule has 2 nitrogen and oxygen atoms in total. The Morgan fingerprint density at radius 2 is 2.00 bits per heavy atom. The van der Waals surface area contributed by atoms with Crippen LogP contribution >= 0.6 is 22.6 Å². The summed E-state index contributed by atoms with van der Waals surface area (Å²) in [5.74, 6) is 0.304. The van der Waals surface area contributed by atoms with E-state index in [1.807, 2.05) is 0 Å². The standard InChI is InChI=1S/C15H20F3IN2/c1-11(13-2-4-14(19)5-3-13)20-8-12-6-7-21(9-12)10-15(16,17)18/h2-5,11-12,20H,6-10H2,1H3. The molecule has 0 bridgehead atoms. The fraction of sp³-hybridized carbons (Fsp3) is 0.600. The van der Waals surface area contributed by atoms with Crippen LogP contribution in [0.15, 0.2) is 24.3 Å². The number of halogens is 4. The summed E-state index contributed by atoms with van der Waals surface area (Å²) in [4.78, 5) is 1.50. The molecule has 1 fully saturated rings. The highest BCUT2D eigenvalue weighted by Crippen LogP contribution is 2.23. The number of likely N-dealkylation sites (tertiary alicyclic amines) is 1. The molecule has 1 aliphatic rings. The Labute approximate surface area is 137 Å². The third-order valence-electron chi connectivity index (χ3n) is 3.86. The highest BCUT2D eigenvalue weighted by Gasteiger charge is 2.34. The number of nitrogens with one attached hydrogen (secondary N) is 1. The zero-order chi connectivity index (χ0) is 15.5. The molecule has 2 atom stereocenters. The first kappa shape index (κ1) is 17.0. The first-order valence-electron chi connectivity index (χ1n) is 7.11. The van der Waals surface area contributed by atoms with Gasteiger partial charge in [0.15, 0.2) is 0 Å². The first-order valence-corrected chi connectivity index (χ1v) is 8.19. The molecular formula is C15H20F3IN2. The van der Waals surface area contributed by atoms with E-state index in [1.165, 1.54) is 14.0 Å². The first-order chi connectivity index (χ1) is 9.83. The van der Waals surface area contributed by atoms with Gasteiger partial charge in [0.1, 0.15) is 0 Å². The van der Waals surface area contributed by atoms with E-state index < -0.39 is 12.7 Å². The molecule has 0 aromatic heterocycles. The van der Waals surface area contributed by atoms with Crippen LogP contribution in [0, 0.1) is 9.49 Å². The Hall–Kier alpha value is -0.340. The third-order valence-corrected chi connectivity index (χ3v) is 4.57. The summed E-state index contributed by atoms with van der Waals surface area (Å²) in [6.45, 7) is 3.15. The molecule has 1 N–H and O–H groups in total. The van der Waals surface area contributed by atoms with Gasteiger partial charge in [-0.15, -0.1) is 0 Å². The molecule has 2 rings (SSSR count). The summed E-state index contributed by atoms with van der Waals surface area (Å²) in [5, 5.41) is 3.43. The lowest BCUT2D eigenvalue weighted by atomic mass is 10.1. The van der Waals surface area contributed by atoms with Gasteiger partial charge in [0.05, 0.1) is 6.54 Å². The minimum Gasteiger partial charge on any atom is -0.310 e. The van der Waals surface area contributed by atoms with Gasteiger partial charge in [0.25, 0.3) is 0 Å². The minimum atomic E-state index is -4.09. The number of benzene rings is 1. The monoisotopic (exact) mass is 412 g/mol. The minimum absolute atomic E-state index is 0.221. The topological polar surface area (TPSA) is 15.3 Å². The lowest BCUT2D eigenvalue weighted by Gasteiger charge is -2.19. The quantitative estimate of drug-likeness (QED) is 0.740. The Morgan fingerprint density at radius 1 is 1.33 bits per heavy atom. The van der Waals surface area contributed by atoms with Crippen molar-refractivity contribution in [2.75, 3.05) is 26.2 Å². The maximum Gasteiger partial charge on any atom is 0.401 e. The van der Waals surface area contributed by atoms with Gasteiger partial charge in [-0.2, -0.15) is 13.2 Å². The summed E-state index contributed by atoms with van der Waals surface area (Å²) < 4.78 is 38.2. The summed E-state index contributed by atoms with van der Waals surface area (Å²) in [7, 11) is 0. The molecule has 0 amide bonds. The van der Waals surface area contributed by atoms with E-state index in [-0.39, 0.29) is 6.04 Å². The predicted octanol–water partition coefficient (Wildman–Crippen LogP) is 3.83. The molecule has 6 heteroatoms. The van der Waals surface area contributed by atoms with Crippen molar-refractivity contribution < 1.29 is 13.2 Å². The lowest BCUT2D eigenvalue weighted by Crippen LogP contribution is -2.34. The number of alkyl halides is 3. The van der Waals surface area contributed by atoms with Gasteiger partial charge in [0, 0.05) is 16.2 Å². The maximum absolute atomic E-state index is 12.3. The van der Waals surface area contributed by atoms with E-state index in [0.717, 1.165) is 13.0 Å². The molecule has 0 aliphatic carbocycles. The Morgan fingerprint density at radius 3 is 2.62 bits per heavy atom. The largest absolute Gasteiger partial charge is 0.401 e. The van der Waals surface area contributed by atoms with Crippen molar-refractivity contribution >= 4 is 22.6 Å². The molecule has 0 spiro atoms. The van der Waals surface area contributed by atoms with Crippen molar-refractivity contribution in [3.8, 4) is 0 Å². The zero-order valence-corrected chi connectivity index (χ0v) is 14.1. The predicted molar refractivity (Wildman–Crippen MR) is 86.2 cm³/mol. The fourth-order valence-electron chi connectivity index (χ4n) is 2.69. The van der Waals surface area contributed by atoms with Crippen molar-refractivity contribution in [2.45, 2.75) is 25.6 Å². The third kappa shape index (κ3) is 5.75. The number of nitrogens with zero attached hydrogens (tertiary/aromatic N) is 1. The molecule has 0 saturated carbocycles. The second-order valence-electron chi connectivity index (χ2n) is 5.69. The van der Waals surface area contributed by atoms with E-state index in [9.17, 15) is 13.2 Å². The van der Waals surface area contributed by atoms with Gasteiger partial charge in [-0.25, -0.2) is 0 Å². The normalized spacial score (nSPS) is 21.7. The summed E-state index contributed by atoms with van der Waals surface area (Å²) in [6, 6.07) is 8.52. The highest BCUT2D eigenvalue weighted by atomic mass is 127. The van der Waals surface area contributed by atoms with E-state index in [1.54, 1.807) is 0 Å². The molecule has 1 aromatic carbocycles. The van der Waals surface area contributed by atoms with Gasteiger partial charge < -0.3 is 5.32 Å². The Kier molecular flexibility index (Phi) is 5.90. The van der Waals surface area contributed by atoms with Gasteiger partial charge in [-0.05, 0) is 72.6 Å². The number of hydrogen-bond acceptors (Lipinski definition) is 2. The van der Waals surface area contributed by atoms with Gasteiger partial charge in [-0.3, -0.25) is 4.90 Å². The molecule has 1 aromatic rings. The fourth-order valence-corrected chi connectivity index (χ4v) is 3.05. The van der Waals surface area contributed by atoms with Crippen LogP contribution in [0.25, 0.3) is 0 Å². The molecule has 2 unspecified atom stereocenters. The van der Waals surface area contributed by atoms with Crippen molar-refractivity contribution in [1.82, 2.24) is 10.2 Å². The van der Waals surface area contributed by atoms with Gasteiger partial charge in [-0.1, -0.05) is 12.1 Å². The zero-order valence-electron chi connectivity index (χ0n) is 12.0. The van der Waals surface area contributed by atoms with Crippen molar-refractivity contribution in [3.63, 3.8) is 0 Å². The SMILES string of the molecule is CC(NCC1CCN(CC(F)(F)F)C1)c1ccc(I)cc1. The molecule has 0 radical (unpaired) electrons. The Balaban J connectivity index is 1.75. The second kappa shape index (κ2) is 7.28. The van der Waals surface area contributed by atoms with Crippen LogP contribution < -0.4 is 5.32 Å². The lowest BCUT2D eigenvalue weighted by molar-refractivity contribution is -0.143. The van der Waals surface area contributed by atoms with Crippen molar-refractivity contribution in [2.24, 2.45) is 5.92 Å². The van der Waals surface area contributed by atoms with Gasteiger partial charge in [0.2, 0.25) is 0 Å². The number of hydrogen-bond donors (Lipinski definition) is 1. The van der Waals surface area contributed by atoms with Crippen LogP contribution in [-0.2, 0) is 0 Å². The van der Waals surface area contributed by atoms with Gasteiger partial charge >= 0.3 is 6.18 Å². The van der Waals surface area contributed by atoms with Crippen molar-refractivity contribution in [3.05, 3.63) is 33.4 Å². The average Bonchev–Trinajstić information content (AvgIpc) is 2.82. The van der Waals surface area contributed by atoms with Crippen LogP contribution in [0.4, 0.5) is 13.2 Å². The van der Waals surface area contributed by atoms with Crippen LogP contribution in [0.2, 0.25) is 0 Å². The molecule has 118 valence electrons. The van der Waals surface area contributed by atoms with E-state index in [0.29, 0.717) is 19.0 Å². The number of rotatable bonds is 5. The smallest absolute Gasteiger partial charge is 0.310 e. The van der Waals surface area contributed by atoms with Crippen LogP contribution in [0.1, 0.15) is 24.9 Å². The summed E-state index contributed by atoms with van der Waals surface area (Å²) in [5.41, 5.74) is 1.21. The summed E-state index contributed by atoms with van der Waals surface area (Å²) in [6.07, 6.45) is -3.25. The molecule has 21 heavy (non-hydrogen) atoms. The van der Waals surface area contributed by atoms with E-state index in [2.05, 4.69) is 59.1 Å². The molecule has 1 heterocycles. The van der Waals surface area contributed by atoms with Crippen LogP contribution in [-0.4, -0.2) is 37.3 Å². The molecule has 1 saturated heterocycles. The Bertz CT molecular complexity index is 447. The highest BCUT2D eigenvalue weighted by molar-refractivity contribution is 14.1. The van der Waals surface area contributed by atoms with E-state index in [4.69, 9.17) is 0 Å².